The number of nitrogens with one attached hydrogen (secondary N) is 2. The normalized spacial score (nSPS) is 25.0. The van der Waals surface area contributed by atoms with E-state index in [0.717, 1.165) is 11.4 Å². The van der Waals surface area contributed by atoms with E-state index in [4.69, 9.17) is 4.74 Å². The SMILES string of the molecule is CC1CCCCC1OCCNC(=O)Nc1nnc(C2CC2)s1. The highest BCUT2D eigenvalue weighted by atomic mass is 32.1. The number of nitrogens with zero attached hydrogens (tertiary/aromatic N) is 2. The average Bonchev–Trinajstić information content (AvgIpc) is 3.26. The molecule has 2 amide bonds. The molecule has 1 heterocycles. The molecule has 0 spiro atoms. The van der Waals surface area contributed by atoms with Gasteiger partial charge in [0, 0.05) is 12.5 Å². The van der Waals surface area contributed by atoms with Crippen molar-refractivity contribution in [1.82, 2.24) is 15.5 Å². The quantitative estimate of drug-likeness (QED) is 0.788. The fraction of sp³-hybridized carbons (Fsp3) is 0.800. The summed E-state index contributed by atoms with van der Waals surface area (Å²) in [6.07, 6.45) is 7.69. The molecule has 7 heteroatoms. The van der Waals surface area contributed by atoms with E-state index >= 15 is 0 Å². The number of urea groups is 1. The Hall–Kier alpha value is -1.21. The number of carbonyl (C=O) groups is 1. The van der Waals surface area contributed by atoms with Gasteiger partial charge in [-0.1, -0.05) is 31.1 Å². The molecule has 0 saturated heterocycles. The Morgan fingerprint density at radius 2 is 2.09 bits per heavy atom. The van der Waals surface area contributed by atoms with Crippen LogP contribution in [0.5, 0.6) is 0 Å². The van der Waals surface area contributed by atoms with Gasteiger partial charge in [0.2, 0.25) is 5.13 Å². The Bertz CT molecular complexity index is 503. The lowest BCUT2D eigenvalue weighted by molar-refractivity contribution is -0.00232. The minimum atomic E-state index is -0.237. The van der Waals surface area contributed by atoms with Crippen molar-refractivity contribution in [2.75, 3.05) is 18.5 Å². The minimum absolute atomic E-state index is 0.237. The van der Waals surface area contributed by atoms with Crippen LogP contribution in [0.1, 0.15) is 56.4 Å². The third-order valence-corrected chi connectivity index (χ3v) is 5.34. The molecule has 2 N–H and O–H groups in total. The zero-order chi connectivity index (χ0) is 15.4. The third-order valence-electron chi connectivity index (χ3n) is 4.34. The maximum absolute atomic E-state index is 11.8. The fourth-order valence-corrected chi connectivity index (χ4v) is 3.73. The lowest BCUT2D eigenvalue weighted by atomic mass is 9.88. The summed E-state index contributed by atoms with van der Waals surface area (Å²) in [6.45, 7) is 3.33. The average molecular weight is 324 g/mol. The molecule has 3 rings (SSSR count). The number of rotatable bonds is 6. The monoisotopic (exact) mass is 324 g/mol. The van der Waals surface area contributed by atoms with Gasteiger partial charge in [0.25, 0.3) is 0 Å². The minimum Gasteiger partial charge on any atom is -0.376 e. The van der Waals surface area contributed by atoms with Gasteiger partial charge in [0.15, 0.2) is 0 Å². The second-order valence-electron chi connectivity index (χ2n) is 6.27. The van der Waals surface area contributed by atoms with Gasteiger partial charge in [-0.3, -0.25) is 5.32 Å². The largest absolute Gasteiger partial charge is 0.376 e. The summed E-state index contributed by atoms with van der Waals surface area (Å²) >= 11 is 1.47. The number of ether oxygens (including phenoxy) is 1. The van der Waals surface area contributed by atoms with Crippen molar-refractivity contribution in [3.8, 4) is 0 Å². The van der Waals surface area contributed by atoms with Gasteiger partial charge in [0.1, 0.15) is 5.01 Å². The fourth-order valence-electron chi connectivity index (χ4n) is 2.83. The Morgan fingerprint density at radius 1 is 1.27 bits per heavy atom. The van der Waals surface area contributed by atoms with E-state index in [9.17, 15) is 4.79 Å². The van der Waals surface area contributed by atoms with E-state index in [-0.39, 0.29) is 6.03 Å². The van der Waals surface area contributed by atoms with Crippen LogP contribution in [0.2, 0.25) is 0 Å². The Balaban J connectivity index is 1.31. The highest BCUT2D eigenvalue weighted by molar-refractivity contribution is 7.15. The molecule has 0 aliphatic heterocycles. The van der Waals surface area contributed by atoms with Gasteiger partial charge >= 0.3 is 6.03 Å². The van der Waals surface area contributed by atoms with Gasteiger partial charge in [-0.15, -0.1) is 10.2 Å². The zero-order valence-corrected chi connectivity index (χ0v) is 13.8. The van der Waals surface area contributed by atoms with Crippen molar-refractivity contribution < 1.29 is 9.53 Å². The van der Waals surface area contributed by atoms with E-state index in [0.29, 0.717) is 36.2 Å². The first-order valence-electron chi connectivity index (χ1n) is 8.22. The first kappa shape index (κ1) is 15.7. The molecule has 2 saturated carbocycles. The molecular weight excluding hydrogens is 300 g/mol. The zero-order valence-electron chi connectivity index (χ0n) is 13.0. The van der Waals surface area contributed by atoms with E-state index in [1.54, 1.807) is 0 Å². The predicted octanol–water partition coefficient (Wildman–Crippen LogP) is 3.13. The van der Waals surface area contributed by atoms with E-state index in [1.807, 2.05) is 0 Å². The summed E-state index contributed by atoms with van der Waals surface area (Å²) in [5.74, 6) is 1.20. The summed E-state index contributed by atoms with van der Waals surface area (Å²) in [6, 6.07) is -0.237. The van der Waals surface area contributed by atoms with Crippen molar-refractivity contribution in [2.24, 2.45) is 5.92 Å². The molecule has 22 heavy (non-hydrogen) atoms. The second-order valence-corrected chi connectivity index (χ2v) is 7.28. The molecule has 2 aliphatic rings. The van der Waals surface area contributed by atoms with Crippen molar-refractivity contribution >= 4 is 22.5 Å². The van der Waals surface area contributed by atoms with Gasteiger partial charge < -0.3 is 10.1 Å². The summed E-state index contributed by atoms with van der Waals surface area (Å²) in [7, 11) is 0. The molecule has 122 valence electrons. The smallest absolute Gasteiger partial charge is 0.321 e. The number of anilines is 1. The van der Waals surface area contributed by atoms with Crippen LogP contribution in [-0.2, 0) is 4.74 Å². The van der Waals surface area contributed by atoms with E-state index in [1.165, 1.54) is 43.4 Å². The lowest BCUT2D eigenvalue weighted by Crippen LogP contribution is -2.34. The van der Waals surface area contributed by atoms with Gasteiger partial charge in [0.05, 0.1) is 12.7 Å². The molecule has 6 nitrogen and oxygen atoms in total. The van der Waals surface area contributed by atoms with Crippen LogP contribution in [0.25, 0.3) is 0 Å². The lowest BCUT2D eigenvalue weighted by Gasteiger charge is -2.28. The van der Waals surface area contributed by atoms with Crippen LogP contribution in [0.15, 0.2) is 0 Å². The Labute approximate surface area is 135 Å². The van der Waals surface area contributed by atoms with Crippen LogP contribution in [0.4, 0.5) is 9.93 Å². The molecular formula is C15H24N4O2S. The highest BCUT2D eigenvalue weighted by Crippen LogP contribution is 2.41. The van der Waals surface area contributed by atoms with E-state index < -0.39 is 0 Å². The van der Waals surface area contributed by atoms with Crippen LogP contribution >= 0.6 is 11.3 Å². The molecule has 0 aromatic carbocycles. The number of hydrogen-bond donors (Lipinski definition) is 2. The second kappa shape index (κ2) is 7.37. The van der Waals surface area contributed by atoms with Gasteiger partial charge in [-0.2, -0.15) is 0 Å². The summed E-state index contributed by atoms with van der Waals surface area (Å²) < 4.78 is 5.87. The van der Waals surface area contributed by atoms with Crippen molar-refractivity contribution in [3.63, 3.8) is 0 Å². The molecule has 2 unspecified atom stereocenters. The highest BCUT2D eigenvalue weighted by Gasteiger charge is 2.27. The summed E-state index contributed by atoms with van der Waals surface area (Å²) in [4.78, 5) is 11.8. The van der Waals surface area contributed by atoms with Gasteiger partial charge in [-0.05, 0) is 31.6 Å². The molecule has 0 bridgehead atoms. The molecule has 1 aromatic heterocycles. The van der Waals surface area contributed by atoms with Crippen molar-refractivity contribution in [2.45, 2.75) is 57.5 Å². The number of aromatic nitrogens is 2. The number of carbonyl (C=O) groups excluding carboxylic acids is 1. The van der Waals surface area contributed by atoms with Crippen LogP contribution in [0.3, 0.4) is 0 Å². The first-order valence-corrected chi connectivity index (χ1v) is 9.04. The predicted molar refractivity (Wildman–Crippen MR) is 86.3 cm³/mol. The van der Waals surface area contributed by atoms with Crippen molar-refractivity contribution in [3.05, 3.63) is 5.01 Å². The molecule has 2 fully saturated rings. The van der Waals surface area contributed by atoms with Crippen LogP contribution < -0.4 is 10.6 Å². The van der Waals surface area contributed by atoms with Crippen LogP contribution in [0, 0.1) is 5.92 Å². The maximum Gasteiger partial charge on any atom is 0.321 e. The first-order chi connectivity index (χ1) is 10.7. The Morgan fingerprint density at radius 3 is 2.86 bits per heavy atom. The Kier molecular flexibility index (Phi) is 5.25. The van der Waals surface area contributed by atoms with Crippen molar-refractivity contribution in [1.29, 1.82) is 0 Å². The van der Waals surface area contributed by atoms with Crippen LogP contribution in [-0.4, -0.2) is 35.5 Å². The molecule has 2 aliphatic carbocycles. The molecule has 2 atom stereocenters. The number of amides is 2. The standard InChI is InChI=1S/C15H24N4O2S/c1-10-4-2-3-5-12(10)21-9-8-16-14(20)17-15-19-18-13(22-15)11-6-7-11/h10-12H,2-9H2,1H3,(H2,16,17,19,20). The van der Waals surface area contributed by atoms with Gasteiger partial charge in [-0.25, -0.2) is 4.79 Å². The summed E-state index contributed by atoms with van der Waals surface area (Å²) in [5, 5.41) is 15.2. The number of hydrogen-bond acceptors (Lipinski definition) is 5. The maximum atomic E-state index is 11.8. The molecule has 0 radical (unpaired) electrons. The third kappa shape index (κ3) is 4.39. The van der Waals surface area contributed by atoms with E-state index in [2.05, 4.69) is 27.8 Å². The topological polar surface area (TPSA) is 76.1 Å². The molecule has 1 aromatic rings. The summed E-state index contributed by atoms with van der Waals surface area (Å²) in [5.41, 5.74) is 0.